The van der Waals surface area contributed by atoms with E-state index in [1.165, 1.54) is 38.4 Å². The van der Waals surface area contributed by atoms with Crippen molar-refractivity contribution in [1.82, 2.24) is 0 Å². The summed E-state index contributed by atoms with van der Waals surface area (Å²) in [5, 5.41) is 0. The van der Waals surface area contributed by atoms with Gasteiger partial charge in [-0.1, -0.05) is 44.9 Å². The highest BCUT2D eigenvalue weighted by molar-refractivity contribution is 5.92. The van der Waals surface area contributed by atoms with Crippen LogP contribution in [0.3, 0.4) is 0 Å². The van der Waals surface area contributed by atoms with Gasteiger partial charge in [0.05, 0.1) is 7.11 Å². The van der Waals surface area contributed by atoms with Crippen LogP contribution in [0.25, 0.3) is 0 Å². The van der Waals surface area contributed by atoms with Crippen LogP contribution in [0.5, 0.6) is 0 Å². The fraction of sp³-hybridized carbons (Fsp3) is 0.760. The number of carbonyl (C=O) groups is 2. The highest BCUT2D eigenvalue weighted by Crippen LogP contribution is 2.72. The van der Waals surface area contributed by atoms with Gasteiger partial charge in [0.2, 0.25) is 0 Å². The largest absolute Gasteiger partial charge is 0.469 e. The summed E-state index contributed by atoms with van der Waals surface area (Å²) < 4.78 is 4.84. The molecule has 154 valence electrons. The van der Waals surface area contributed by atoms with Gasteiger partial charge in [-0.05, 0) is 78.6 Å². The number of hydrogen-bond donors (Lipinski definition) is 0. The second-order valence-electron chi connectivity index (χ2n) is 10.4. The number of carbonyl (C=O) groups excluding carboxylic acids is 2. The van der Waals surface area contributed by atoms with E-state index < -0.39 is 0 Å². The fourth-order valence-electron chi connectivity index (χ4n) is 7.24. The summed E-state index contributed by atoms with van der Waals surface area (Å²) >= 11 is 0. The number of esters is 1. The minimum atomic E-state index is -0.0990. The highest BCUT2D eigenvalue weighted by atomic mass is 16.5. The van der Waals surface area contributed by atoms with E-state index in [0.717, 1.165) is 19.3 Å². The molecule has 0 aromatic carbocycles. The van der Waals surface area contributed by atoms with E-state index in [9.17, 15) is 9.59 Å². The average Bonchev–Trinajstić information content (AvgIpc) is 3.43. The number of ketones is 1. The van der Waals surface area contributed by atoms with Crippen LogP contribution >= 0.6 is 0 Å². The van der Waals surface area contributed by atoms with Gasteiger partial charge in [0.15, 0.2) is 5.78 Å². The minimum absolute atomic E-state index is 0.0990. The standard InChI is InChI=1S/C25H36O3/c1-5-19-18-16-25(13-14-25)21-15-17(26)8-12-24(21,3)20(18)9-11-23(19,2)10-6-7-22(27)28-4/h9,11,15,18-20H,5-8,10,12-14,16H2,1-4H3/t18?,19?,20?,23-,24+/m0/s1. The summed E-state index contributed by atoms with van der Waals surface area (Å²) in [4.78, 5) is 23.8. The molecule has 4 aliphatic carbocycles. The fourth-order valence-corrected chi connectivity index (χ4v) is 7.24. The quantitative estimate of drug-likeness (QED) is 0.455. The van der Waals surface area contributed by atoms with Gasteiger partial charge >= 0.3 is 5.97 Å². The minimum Gasteiger partial charge on any atom is -0.469 e. The number of ether oxygens (including phenoxy) is 1. The molecule has 4 rings (SSSR count). The number of rotatable bonds is 5. The highest BCUT2D eigenvalue weighted by Gasteiger charge is 2.63. The van der Waals surface area contributed by atoms with E-state index in [0.29, 0.717) is 41.8 Å². The lowest BCUT2D eigenvalue weighted by Crippen LogP contribution is -2.51. The third-order valence-electron chi connectivity index (χ3n) is 8.87. The molecule has 5 atom stereocenters. The van der Waals surface area contributed by atoms with Gasteiger partial charge in [0.1, 0.15) is 0 Å². The van der Waals surface area contributed by atoms with Crippen LogP contribution < -0.4 is 0 Å². The predicted octanol–water partition coefficient (Wildman–Crippen LogP) is 5.64. The summed E-state index contributed by atoms with van der Waals surface area (Å²) in [7, 11) is 1.47. The molecule has 28 heavy (non-hydrogen) atoms. The Bertz CT molecular complexity index is 728. The lowest BCUT2D eigenvalue weighted by atomic mass is 9.45. The first-order valence-electron chi connectivity index (χ1n) is 11.3. The van der Waals surface area contributed by atoms with E-state index >= 15 is 0 Å². The first-order chi connectivity index (χ1) is 13.3. The Morgan fingerprint density at radius 3 is 2.64 bits per heavy atom. The van der Waals surface area contributed by atoms with Crippen LogP contribution in [0, 0.1) is 34.0 Å². The van der Waals surface area contributed by atoms with Crippen LogP contribution in [-0.4, -0.2) is 18.9 Å². The topological polar surface area (TPSA) is 43.4 Å². The Morgan fingerprint density at radius 2 is 2.00 bits per heavy atom. The zero-order valence-corrected chi connectivity index (χ0v) is 18.1. The van der Waals surface area contributed by atoms with Gasteiger partial charge in [-0.2, -0.15) is 0 Å². The van der Waals surface area contributed by atoms with Gasteiger partial charge in [-0.25, -0.2) is 0 Å². The molecule has 1 spiro atoms. The SMILES string of the molecule is CCC1C2CC3(CC3)C3=CC(=O)CC[C@]3(C)C2C=C[C@]1(C)CCCC(=O)OC. The maximum absolute atomic E-state index is 12.2. The summed E-state index contributed by atoms with van der Waals surface area (Å²) in [6.45, 7) is 7.19. The first-order valence-corrected chi connectivity index (χ1v) is 11.3. The Morgan fingerprint density at radius 1 is 1.25 bits per heavy atom. The maximum Gasteiger partial charge on any atom is 0.305 e. The van der Waals surface area contributed by atoms with E-state index in [1.54, 1.807) is 0 Å². The normalized spacial score (nSPS) is 40.5. The number of methoxy groups -OCH3 is 1. The van der Waals surface area contributed by atoms with Crippen molar-refractivity contribution in [2.75, 3.05) is 7.11 Å². The molecule has 0 aliphatic heterocycles. The molecule has 0 radical (unpaired) electrons. The predicted molar refractivity (Wildman–Crippen MR) is 111 cm³/mol. The maximum atomic E-state index is 12.2. The van der Waals surface area contributed by atoms with Crippen molar-refractivity contribution in [2.45, 2.75) is 78.6 Å². The van der Waals surface area contributed by atoms with Gasteiger partial charge in [0, 0.05) is 12.8 Å². The van der Waals surface area contributed by atoms with Crippen molar-refractivity contribution in [3.63, 3.8) is 0 Å². The van der Waals surface area contributed by atoms with E-state index in [-0.39, 0.29) is 16.8 Å². The molecule has 0 aromatic rings. The second kappa shape index (κ2) is 6.85. The van der Waals surface area contributed by atoms with Crippen LogP contribution in [0.2, 0.25) is 0 Å². The van der Waals surface area contributed by atoms with Crippen molar-refractivity contribution in [3.8, 4) is 0 Å². The molecule has 0 heterocycles. The molecular formula is C25H36O3. The number of allylic oxidation sites excluding steroid dienone is 4. The Hall–Kier alpha value is -1.38. The van der Waals surface area contributed by atoms with Gasteiger partial charge in [-0.15, -0.1) is 0 Å². The molecule has 0 aromatic heterocycles. The molecule has 2 fully saturated rings. The van der Waals surface area contributed by atoms with Gasteiger partial charge < -0.3 is 4.74 Å². The Kier molecular flexibility index (Phi) is 4.87. The van der Waals surface area contributed by atoms with Crippen LogP contribution in [0.15, 0.2) is 23.8 Å². The van der Waals surface area contributed by atoms with Crippen molar-refractivity contribution < 1.29 is 14.3 Å². The van der Waals surface area contributed by atoms with E-state index in [4.69, 9.17) is 4.74 Å². The molecule has 0 amide bonds. The zero-order chi connectivity index (χ0) is 20.2. The molecule has 0 N–H and O–H groups in total. The average molecular weight is 385 g/mol. The summed E-state index contributed by atoms with van der Waals surface area (Å²) in [5.74, 6) is 2.14. The molecule has 4 aliphatic rings. The van der Waals surface area contributed by atoms with Gasteiger partial charge in [-0.3, -0.25) is 9.59 Å². The molecule has 3 unspecified atom stereocenters. The molecule has 0 saturated heterocycles. The molecule has 0 bridgehead atoms. The zero-order valence-electron chi connectivity index (χ0n) is 18.1. The van der Waals surface area contributed by atoms with E-state index in [2.05, 4.69) is 32.9 Å². The smallest absolute Gasteiger partial charge is 0.305 e. The van der Waals surface area contributed by atoms with Gasteiger partial charge in [0.25, 0.3) is 0 Å². The first kappa shape index (κ1) is 19.9. The summed E-state index contributed by atoms with van der Waals surface area (Å²) in [6.07, 6.45) is 16.2. The number of fused-ring (bicyclic) bond motifs is 4. The third-order valence-corrected chi connectivity index (χ3v) is 8.87. The third kappa shape index (κ3) is 3.00. The van der Waals surface area contributed by atoms with Crippen molar-refractivity contribution in [1.29, 1.82) is 0 Å². The Balaban J connectivity index is 1.64. The van der Waals surface area contributed by atoms with Crippen molar-refractivity contribution in [2.24, 2.45) is 34.0 Å². The molecule has 3 nitrogen and oxygen atoms in total. The lowest BCUT2D eigenvalue weighted by molar-refractivity contribution is -0.140. The number of hydrogen-bond acceptors (Lipinski definition) is 3. The monoisotopic (exact) mass is 384 g/mol. The molecule has 2 saturated carbocycles. The van der Waals surface area contributed by atoms with Crippen molar-refractivity contribution in [3.05, 3.63) is 23.8 Å². The van der Waals surface area contributed by atoms with Crippen LogP contribution in [0.1, 0.15) is 78.6 Å². The van der Waals surface area contributed by atoms with Crippen molar-refractivity contribution >= 4 is 11.8 Å². The van der Waals surface area contributed by atoms with Crippen LogP contribution in [0.4, 0.5) is 0 Å². The lowest BCUT2D eigenvalue weighted by Gasteiger charge is -2.58. The van der Waals surface area contributed by atoms with Crippen LogP contribution in [-0.2, 0) is 14.3 Å². The molecule has 3 heteroatoms. The summed E-state index contributed by atoms with van der Waals surface area (Å²) in [6, 6.07) is 0. The van der Waals surface area contributed by atoms with E-state index in [1.807, 2.05) is 6.08 Å². The molecular weight excluding hydrogens is 348 g/mol. The second-order valence-corrected chi connectivity index (χ2v) is 10.4. The summed E-state index contributed by atoms with van der Waals surface area (Å²) in [5.41, 5.74) is 2.12. The Labute approximate surface area is 170 Å².